The molecule has 66 valence electrons. The molecule has 0 aromatic heterocycles. The zero-order valence-corrected chi connectivity index (χ0v) is 8.02. The van der Waals surface area contributed by atoms with E-state index in [9.17, 15) is 8.42 Å². The summed E-state index contributed by atoms with van der Waals surface area (Å²) in [7, 11) is -2.73. The molecule has 2 unspecified atom stereocenters. The SMILES string of the molecule is CC1CCC(C)S(=O)(=O)CC1. The fraction of sp³-hybridized carbons (Fsp3) is 1.00. The second-order valence-corrected chi connectivity index (χ2v) is 6.19. The highest BCUT2D eigenvalue weighted by Crippen LogP contribution is 2.22. The average molecular weight is 176 g/mol. The van der Waals surface area contributed by atoms with E-state index in [2.05, 4.69) is 6.92 Å². The smallest absolute Gasteiger partial charge is 0.152 e. The van der Waals surface area contributed by atoms with Crippen LogP contribution in [0.15, 0.2) is 0 Å². The standard InChI is InChI=1S/C8H16O2S/c1-7-3-4-8(2)11(9,10)6-5-7/h7-8H,3-6H2,1-2H3. The van der Waals surface area contributed by atoms with Gasteiger partial charge in [0.25, 0.3) is 0 Å². The number of hydrogen-bond donors (Lipinski definition) is 0. The minimum atomic E-state index is -2.73. The van der Waals surface area contributed by atoms with Crippen LogP contribution in [0.3, 0.4) is 0 Å². The van der Waals surface area contributed by atoms with Crippen LogP contribution in [0.1, 0.15) is 33.1 Å². The van der Waals surface area contributed by atoms with Gasteiger partial charge in [0, 0.05) is 0 Å². The summed E-state index contributed by atoms with van der Waals surface area (Å²) in [4.78, 5) is 0. The summed E-state index contributed by atoms with van der Waals surface area (Å²) < 4.78 is 22.7. The van der Waals surface area contributed by atoms with Crippen molar-refractivity contribution in [1.82, 2.24) is 0 Å². The van der Waals surface area contributed by atoms with Crippen LogP contribution in [-0.4, -0.2) is 19.4 Å². The third kappa shape index (κ3) is 2.19. The maximum absolute atomic E-state index is 11.3. The predicted octanol–water partition coefficient (Wildman–Crippen LogP) is 1.61. The zero-order chi connectivity index (χ0) is 8.48. The molecule has 1 saturated heterocycles. The van der Waals surface area contributed by atoms with Gasteiger partial charge in [-0.1, -0.05) is 6.92 Å². The summed E-state index contributed by atoms with van der Waals surface area (Å²) >= 11 is 0. The first-order valence-electron chi connectivity index (χ1n) is 4.24. The lowest BCUT2D eigenvalue weighted by Crippen LogP contribution is -2.18. The first-order chi connectivity index (χ1) is 5.02. The van der Waals surface area contributed by atoms with Gasteiger partial charge in [0.1, 0.15) is 0 Å². The second kappa shape index (κ2) is 3.13. The van der Waals surface area contributed by atoms with Gasteiger partial charge >= 0.3 is 0 Å². The van der Waals surface area contributed by atoms with Gasteiger partial charge in [-0.3, -0.25) is 0 Å². The van der Waals surface area contributed by atoms with Gasteiger partial charge in [-0.15, -0.1) is 0 Å². The van der Waals surface area contributed by atoms with Gasteiger partial charge in [0.05, 0.1) is 11.0 Å². The molecule has 0 aliphatic carbocycles. The van der Waals surface area contributed by atoms with Crippen LogP contribution in [0.5, 0.6) is 0 Å². The van der Waals surface area contributed by atoms with Gasteiger partial charge in [0.2, 0.25) is 0 Å². The first-order valence-corrected chi connectivity index (χ1v) is 5.95. The van der Waals surface area contributed by atoms with Crippen molar-refractivity contribution in [2.24, 2.45) is 5.92 Å². The fourth-order valence-electron chi connectivity index (χ4n) is 1.41. The van der Waals surface area contributed by atoms with E-state index in [1.165, 1.54) is 0 Å². The minimum Gasteiger partial charge on any atom is -0.229 e. The molecule has 0 aromatic carbocycles. The maximum Gasteiger partial charge on any atom is 0.152 e. The molecule has 1 aliphatic heterocycles. The molecule has 0 radical (unpaired) electrons. The lowest BCUT2D eigenvalue weighted by molar-refractivity contribution is 0.509. The lowest BCUT2D eigenvalue weighted by Gasteiger charge is -2.06. The van der Waals surface area contributed by atoms with E-state index in [4.69, 9.17) is 0 Å². The summed E-state index contributed by atoms with van der Waals surface area (Å²) in [6.07, 6.45) is 2.77. The topological polar surface area (TPSA) is 34.1 Å². The third-order valence-corrected chi connectivity index (χ3v) is 4.84. The highest BCUT2D eigenvalue weighted by atomic mass is 32.2. The van der Waals surface area contributed by atoms with Gasteiger partial charge < -0.3 is 0 Å². The van der Waals surface area contributed by atoms with E-state index in [1.807, 2.05) is 6.92 Å². The molecular weight excluding hydrogens is 160 g/mol. The zero-order valence-electron chi connectivity index (χ0n) is 7.21. The molecular formula is C8H16O2S. The van der Waals surface area contributed by atoms with Crippen molar-refractivity contribution in [3.8, 4) is 0 Å². The number of rotatable bonds is 0. The molecule has 0 aromatic rings. The normalized spacial score (nSPS) is 38.0. The molecule has 1 fully saturated rings. The van der Waals surface area contributed by atoms with Crippen molar-refractivity contribution in [2.75, 3.05) is 5.75 Å². The quantitative estimate of drug-likeness (QED) is 0.562. The maximum atomic E-state index is 11.3. The summed E-state index contributed by atoms with van der Waals surface area (Å²) in [5.74, 6) is 0.990. The fourth-order valence-corrected chi connectivity index (χ4v) is 3.04. The van der Waals surface area contributed by atoms with Crippen molar-refractivity contribution in [1.29, 1.82) is 0 Å². The Morgan fingerprint density at radius 3 is 2.36 bits per heavy atom. The molecule has 0 bridgehead atoms. The lowest BCUT2D eigenvalue weighted by atomic mass is 10.0. The Morgan fingerprint density at radius 2 is 1.73 bits per heavy atom. The monoisotopic (exact) mass is 176 g/mol. The molecule has 1 rings (SSSR count). The van der Waals surface area contributed by atoms with Crippen LogP contribution in [0.25, 0.3) is 0 Å². The highest BCUT2D eigenvalue weighted by molar-refractivity contribution is 7.92. The molecule has 0 spiro atoms. The van der Waals surface area contributed by atoms with Crippen LogP contribution < -0.4 is 0 Å². The van der Waals surface area contributed by atoms with Gasteiger partial charge in [-0.05, 0) is 32.1 Å². The Labute approximate surface area is 68.9 Å². The Morgan fingerprint density at radius 1 is 1.09 bits per heavy atom. The van der Waals surface area contributed by atoms with E-state index >= 15 is 0 Å². The van der Waals surface area contributed by atoms with Gasteiger partial charge in [-0.25, -0.2) is 8.42 Å². The molecule has 0 amide bonds. The van der Waals surface area contributed by atoms with Crippen LogP contribution >= 0.6 is 0 Å². The molecule has 1 heterocycles. The first kappa shape index (κ1) is 9.04. The largest absolute Gasteiger partial charge is 0.229 e. The average Bonchev–Trinajstić information content (AvgIpc) is 2.03. The van der Waals surface area contributed by atoms with E-state index < -0.39 is 9.84 Å². The summed E-state index contributed by atoms with van der Waals surface area (Å²) in [5.41, 5.74) is 0. The van der Waals surface area contributed by atoms with E-state index in [1.54, 1.807) is 0 Å². The number of sulfone groups is 1. The molecule has 2 atom stereocenters. The summed E-state index contributed by atoms with van der Waals surface area (Å²) in [6.45, 7) is 3.96. The predicted molar refractivity (Wildman–Crippen MR) is 46.3 cm³/mol. The third-order valence-electron chi connectivity index (χ3n) is 2.57. The van der Waals surface area contributed by atoms with E-state index in [0.717, 1.165) is 19.3 Å². The summed E-state index contributed by atoms with van der Waals surface area (Å²) in [6, 6.07) is 0. The highest BCUT2D eigenvalue weighted by Gasteiger charge is 2.25. The van der Waals surface area contributed by atoms with Crippen molar-refractivity contribution in [3.63, 3.8) is 0 Å². The summed E-state index contributed by atoms with van der Waals surface area (Å²) in [5, 5.41) is -0.104. The van der Waals surface area contributed by atoms with Crippen molar-refractivity contribution < 1.29 is 8.42 Å². The van der Waals surface area contributed by atoms with Crippen molar-refractivity contribution in [2.45, 2.75) is 38.4 Å². The van der Waals surface area contributed by atoms with Crippen molar-refractivity contribution in [3.05, 3.63) is 0 Å². The Bertz CT molecular complexity index is 218. The molecule has 1 aliphatic rings. The Balaban J connectivity index is 2.72. The number of hydrogen-bond acceptors (Lipinski definition) is 2. The van der Waals surface area contributed by atoms with Crippen LogP contribution in [0.4, 0.5) is 0 Å². The van der Waals surface area contributed by atoms with Gasteiger partial charge in [0.15, 0.2) is 9.84 Å². The van der Waals surface area contributed by atoms with Crippen molar-refractivity contribution >= 4 is 9.84 Å². The Hall–Kier alpha value is -0.0500. The van der Waals surface area contributed by atoms with E-state index in [0.29, 0.717) is 11.7 Å². The van der Waals surface area contributed by atoms with Crippen LogP contribution in [-0.2, 0) is 9.84 Å². The van der Waals surface area contributed by atoms with E-state index in [-0.39, 0.29) is 5.25 Å². The molecule has 11 heavy (non-hydrogen) atoms. The Kier molecular flexibility index (Phi) is 2.58. The molecule has 0 saturated carbocycles. The van der Waals surface area contributed by atoms with Crippen LogP contribution in [0.2, 0.25) is 0 Å². The molecule has 0 N–H and O–H groups in total. The van der Waals surface area contributed by atoms with Crippen LogP contribution in [0, 0.1) is 5.92 Å². The second-order valence-electron chi connectivity index (χ2n) is 3.65. The van der Waals surface area contributed by atoms with Gasteiger partial charge in [-0.2, -0.15) is 0 Å². The minimum absolute atomic E-state index is 0.104. The molecule has 3 heteroatoms. The molecule has 2 nitrogen and oxygen atoms in total.